The molecule has 0 radical (unpaired) electrons. The number of aromatic nitrogens is 1. The molecule has 3 aromatic carbocycles. The number of amides is 2. The molecule has 5 nitrogen and oxygen atoms in total. The molecule has 4 rings (SSSR count). The molecule has 4 aromatic rings. The number of aromatic amines is 1. The summed E-state index contributed by atoms with van der Waals surface area (Å²) in [5.41, 5.74) is 2.21. The van der Waals surface area contributed by atoms with Gasteiger partial charge in [-0.3, -0.25) is 0 Å². The average molecular weight is 443 g/mol. The Morgan fingerprint density at radius 2 is 1.62 bits per heavy atom. The number of benzene rings is 3. The minimum atomic E-state index is -4.45. The Balaban J connectivity index is 1.54. The summed E-state index contributed by atoms with van der Waals surface area (Å²) in [6, 6.07) is 13.3. The van der Waals surface area contributed by atoms with Crippen molar-refractivity contribution >= 4 is 28.3 Å². The Morgan fingerprint density at radius 3 is 2.31 bits per heavy atom. The Kier molecular flexibility index (Phi) is 5.58. The molecule has 0 spiro atoms. The number of hydrogen-bond acceptors (Lipinski definition) is 2. The van der Waals surface area contributed by atoms with Crippen molar-refractivity contribution in [1.82, 2.24) is 4.98 Å². The fraction of sp³-hybridized carbons (Fsp3) is 0.0870. The van der Waals surface area contributed by atoms with Gasteiger partial charge in [0.25, 0.3) is 0 Å². The molecule has 0 aliphatic rings. The maximum absolute atomic E-state index is 13.7. The second-order valence-electron chi connectivity index (χ2n) is 7.08. The normalized spacial score (nSPS) is 11.5. The van der Waals surface area contributed by atoms with Crippen LogP contribution in [-0.4, -0.2) is 16.1 Å². The second kappa shape index (κ2) is 8.35. The van der Waals surface area contributed by atoms with E-state index in [2.05, 4.69) is 15.6 Å². The lowest BCUT2D eigenvalue weighted by Crippen LogP contribution is -2.19. The lowest BCUT2D eigenvalue weighted by Gasteiger charge is -2.10. The highest BCUT2D eigenvalue weighted by molar-refractivity contribution is 6.06. The van der Waals surface area contributed by atoms with Crippen LogP contribution in [0, 0.1) is 5.82 Å². The molecule has 0 saturated carbocycles. The third kappa shape index (κ3) is 4.42. The molecule has 0 saturated heterocycles. The highest BCUT2D eigenvalue weighted by Crippen LogP contribution is 2.31. The first-order valence-electron chi connectivity index (χ1n) is 9.50. The van der Waals surface area contributed by atoms with Gasteiger partial charge in [0, 0.05) is 28.4 Å². The number of fused-ring (bicyclic) bond motifs is 1. The minimum Gasteiger partial charge on any atom is -0.392 e. The van der Waals surface area contributed by atoms with Crippen LogP contribution in [0.4, 0.5) is 33.7 Å². The quantitative estimate of drug-likeness (QED) is 0.287. The van der Waals surface area contributed by atoms with Crippen molar-refractivity contribution in [2.24, 2.45) is 0 Å². The predicted octanol–water partition coefficient (Wildman–Crippen LogP) is 6.13. The number of nitrogens with one attached hydrogen (secondary N) is 3. The Labute approximate surface area is 179 Å². The molecule has 9 heteroatoms. The van der Waals surface area contributed by atoms with Crippen LogP contribution < -0.4 is 10.6 Å². The van der Waals surface area contributed by atoms with Crippen molar-refractivity contribution in [3.63, 3.8) is 0 Å². The Hall–Kier alpha value is -3.85. The van der Waals surface area contributed by atoms with E-state index in [1.807, 2.05) is 6.07 Å². The molecular formula is C23H17F4N3O2. The fourth-order valence-electron chi connectivity index (χ4n) is 3.31. The Morgan fingerprint density at radius 1 is 0.938 bits per heavy atom. The molecule has 1 heterocycles. The summed E-state index contributed by atoms with van der Waals surface area (Å²) < 4.78 is 51.7. The summed E-state index contributed by atoms with van der Waals surface area (Å²) in [5.74, 6) is -0.499. The molecule has 1 aromatic heterocycles. The number of rotatable bonds is 4. The topological polar surface area (TPSA) is 77.2 Å². The molecule has 0 aliphatic heterocycles. The molecule has 4 N–H and O–H groups in total. The smallest absolute Gasteiger partial charge is 0.392 e. The summed E-state index contributed by atoms with van der Waals surface area (Å²) in [7, 11) is 0. The van der Waals surface area contributed by atoms with Crippen LogP contribution in [0.2, 0.25) is 0 Å². The first kappa shape index (κ1) is 21.4. The average Bonchev–Trinajstić information content (AvgIpc) is 3.15. The van der Waals surface area contributed by atoms with E-state index in [1.54, 1.807) is 30.5 Å². The summed E-state index contributed by atoms with van der Waals surface area (Å²) in [4.78, 5) is 15.4. The van der Waals surface area contributed by atoms with Gasteiger partial charge in [-0.15, -0.1) is 0 Å². The van der Waals surface area contributed by atoms with E-state index in [9.17, 15) is 27.5 Å². The van der Waals surface area contributed by atoms with E-state index in [1.165, 1.54) is 18.2 Å². The molecule has 0 unspecified atom stereocenters. The molecule has 32 heavy (non-hydrogen) atoms. The SMILES string of the molecule is O=C(Nc1ccc(C(F)(F)F)cc1)Nc1c[nH]c2ccc(-c3ccc(F)c(CO)c3)cc12. The van der Waals surface area contributed by atoms with Gasteiger partial charge >= 0.3 is 12.2 Å². The number of carbonyl (C=O) groups is 1. The number of aliphatic hydroxyl groups excluding tert-OH is 1. The van der Waals surface area contributed by atoms with Crippen LogP contribution in [0.3, 0.4) is 0 Å². The third-order valence-corrected chi connectivity index (χ3v) is 4.95. The van der Waals surface area contributed by atoms with Crippen LogP contribution in [0.15, 0.2) is 66.9 Å². The van der Waals surface area contributed by atoms with E-state index >= 15 is 0 Å². The largest absolute Gasteiger partial charge is 0.416 e. The molecule has 0 fully saturated rings. The Bertz CT molecular complexity index is 1280. The molecule has 0 aliphatic carbocycles. The van der Waals surface area contributed by atoms with Crippen LogP contribution in [0.1, 0.15) is 11.1 Å². The maximum Gasteiger partial charge on any atom is 0.416 e. The predicted molar refractivity (Wildman–Crippen MR) is 114 cm³/mol. The number of hydrogen-bond donors (Lipinski definition) is 4. The molecule has 164 valence electrons. The summed E-state index contributed by atoms with van der Waals surface area (Å²) in [5, 5.41) is 15.1. The summed E-state index contributed by atoms with van der Waals surface area (Å²) >= 11 is 0. The molecule has 0 atom stereocenters. The van der Waals surface area contributed by atoms with Gasteiger partial charge < -0.3 is 20.7 Å². The van der Waals surface area contributed by atoms with Crippen LogP contribution in [0.25, 0.3) is 22.0 Å². The number of anilines is 2. The lowest BCUT2D eigenvalue weighted by atomic mass is 10.0. The summed E-state index contributed by atoms with van der Waals surface area (Å²) in [6.45, 7) is -0.428. The van der Waals surface area contributed by atoms with Gasteiger partial charge in [-0.2, -0.15) is 13.2 Å². The zero-order valence-electron chi connectivity index (χ0n) is 16.4. The number of carbonyl (C=O) groups excluding carboxylic acids is 1. The molecule has 2 amide bonds. The van der Waals surface area contributed by atoms with Gasteiger partial charge in [0.2, 0.25) is 0 Å². The zero-order valence-corrected chi connectivity index (χ0v) is 16.4. The highest BCUT2D eigenvalue weighted by Gasteiger charge is 2.30. The zero-order chi connectivity index (χ0) is 22.9. The van der Waals surface area contributed by atoms with Gasteiger partial charge in [0.15, 0.2) is 0 Å². The van der Waals surface area contributed by atoms with Crippen molar-refractivity contribution in [3.05, 3.63) is 83.8 Å². The third-order valence-electron chi connectivity index (χ3n) is 4.95. The van der Waals surface area contributed by atoms with E-state index < -0.39 is 30.2 Å². The van der Waals surface area contributed by atoms with Crippen molar-refractivity contribution in [1.29, 1.82) is 0 Å². The monoisotopic (exact) mass is 443 g/mol. The van der Waals surface area contributed by atoms with Gasteiger partial charge in [-0.1, -0.05) is 12.1 Å². The van der Waals surface area contributed by atoms with Crippen molar-refractivity contribution < 1.29 is 27.5 Å². The number of halogens is 4. The van der Waals surface area contributed by atoms with Crippen molar-refractivity contribution in [2.75, 3.05) is 10.6 Å². The van der Waals surface area contributed by atoms with E-state index in [0.29, 0.717) is 16.6 Å². The first-order chi connectivity index (χ1) is 15.2. The van der Waals surface area contributed by atoms with E-state index in [4.69, 9.17) is 0 Å². The lowest BCUT2D eigenvalue weighted by molar-refractivity contribution is -0.137. The van der Waals surface area contributed by atoms with Gasteiger partial charge in [0.1, 0.15) is 5.82 Å². The maximum atomic E-state index is 13.7. The fourth-order valence-corrected chi connectivity index (χ4v) is 3.31. The minimum absolute atomic E-state index is 0.172. The highest BCUT2D eigenvalue weighted by atomic mass is 19.4. The number of urea groups is 1. The number of alkyl halides is 3. The first-order valence-corrected chi connectivity index (χ1v) is 9.50. The van der Waals surface area contributed by atoms with E-state index in [-0.39, 0.29) is 11.3 Å². The van der Waals surface area contributed by atoms with Gasteiger partial charge in [-0.25, -0.2) is 9.18 Å². The van der Waals surface area contributed by atoms with Crippen molar-refractivity contribution in [3.8, 4) is 11.1 Å². The standard InChI is InChI=1S/C23H17F4N3O2/c24-19-7-1-13(9-15(19)12-31)14-2-8-20-18(10-14)21(11-28-20)30-22(32)29-17-5-3-16(4-6-17)23(25,26)27/h1-11,28,31H,12H2,(H2,29,30,32). The van der Waals surface area contributed by atoms with Gasteiger partial charge in [0.05, 0.1) is 17.9 Å². The van der Waals surface area contributed by atoms with Crippen LogP contribution in [0.5, 0.6) is 0 Å². The second-order valence-corrected chi connectivity index (χ2v) is 7.08. The summed E-state index contributed by atoms with van der Waals surface area (Å²) in [6.07, 6.45) is -2.87. The van der Waals surface area contributed by atoms with Crippen LogP contribution >= 0.6 is 0 Å². The van der Waals surface area contributed by atoms with Gasteiger partial charge in [-0.05, 0) is 59.7 Å². The molecular weight excluding hydrogens is 426 g/mol. The molecule has 0 bridgehead atoms. The number of aliphatic hydroxyl groups is 1. The van der Waals surface area contributed by atoms with E-state index in [0.717, 1.165) is 23.2 Å². The van der Waals surface area contributed by atoms with Crippen LogP contribution in [-0.2, 0) is 12.8 Å². The van der Waals surface area contributed by atoms with Crippen molar-refractivity contribution in [2.45, 2.75) is 12.8 Å². The number of H-pyrrole nitrogens is 1.